The average Bonchev–Trinajstić information content (AvgIpc) is 3.24. The number of nitrogens with one attached hydrogen (secondary N) is 1. The van der Waals surface area contributed by atoms with E-state index < -0.39 is 0 Å². The van der Waals surface area contributed by atoms with Crippen LogP contribution in [-0.4, -0.2) is 48.9 Å². The summed E-state index contributed by atoms with van der Waals surface area (Å²) in [7, 11) is 0. The van der Waals surface area contributed by atoms with Gasteiger partial charge in [-0.2, -0.15) is 0 Å². The zero-order valence-corrected chi connectivity index (χ0v) is 19.1. The second kappa shape index (κ2) is 8.96. The van der Waals surface area contributed by atoms with E-state index >= 15 is 0 Å². The van der Waals surface area contributed by atoms with Crippen molar-refractivity contribution >= 4 is 40.3 Å². The van der Waals surface area contributed by atoms with Gasteiger partial charge in [-0.1, -0.05) is 58.7 Å². The van der Waals surface area contributed by atoms with Crippen LogP contribution in [0.4, 0.5) is 0 Å². The number of piperidine rings is 1. The summed E-state index contributed by atoms with van der Waals surface area (Å²) in [4.78, 5) is 35.1. The maximum Gasteiger partial charge on any atom is 0.281 e. The molecule has 0 radical (unpaired) electrons. The van der Waals surface area contributed by atoms with E-state index in [4.69, 9.17) is 28.2 Å². The number of H-pyrrole nitrogens is 1. The van der Waals surface area contributed by atoms with Gasteiger partial charge in [0.15, 0.2) is 11.2 Å². The van der Waals surface area contributed by atoms with Crippen LogP contribution in [0.2, 0.25) is 10.0 Å². The summed E-state index contributed by atoms with van der Waals surface area (Å²) in [6.07, 6.45) is 1.59. The van der Waals surface area contributed by atoms with Gasteiger partial charge in [0.25, 0.3) is 11.5 Å². The number of aromatic nitrogens is 5. The monoisotopic (exact) mass is 482 g/mol. The predicted octanol–water partition coefficient (Wildman–Crippen LogP) is 3.89. The molecule has 0 saturated carbocycles. The first-order valence-electron chi connectivity index (χ1n) is 10.6. The summed E-state index contributed by atoms with van der Waals surface area (Å²) < 4.78 is 1.57. The molecule has 1 N–H and O–H groups in total. The molecule has 0 unspecified atom stereocenters. The van der Waals surface area contributed by atoms with Crippen LogP contribution in [0, 0.1) is 0 Å². The fourth-order valence-electron chi connectivity index (χ4n) is 4.16. The standard InChI is InChI=1S/C23H20Cl2N6O2/c24-17-9-3-1-6-14(17)13-31-21-19(28-29-31)22(32)27-20(26-21)15-7-5-11-30(12-15)23(33)16-8-2-4-10-18(16)25/h1-4,6,8-10,15H,5,7,11-13H2,(H,26,27,32)/t15-/m0/s1. The maximum atomic E-state index is 13.0. The SMILES string of the molecule is O=C(c1ccccc1Cl)N1CCC[C@H](c2nc3c(nnn3Cc3ccccc3Cl)c(=O)[nH]2)C1. The normalized spacial score (nSPS) is 16.3. The Morgan fingerprint density at radius 3 is 2.64 bits per heavy atom. The summed E-state index contributed by atoms with van der Waals surface area (Å²) in [5.74, 6) is 0.275. The first kappa shape index (κ1) is 21.6. The Bertz CT molecular complexity index is 1400. The van der Waals surface area contributed by atoms with Gasteiger partial charge in [0.05, 0.1) is 17.1 Å². The molecule has 5 rings (SSSR count). The van der Waals surface area contributed by atoms with Crippen LogP contribution < -0.4 is 5.56 Å². The molecule has 1 atom stereocenters. The molecule has 33 heavy (non-hydrogen) atoms. The summed E-state index contributed by atoms with van der Waals surface area (Å²) in [5, 5.41) is 9.15. The molecule has 10 heteroatoms. The number of likely N-dealkylation sites (tertiary alicyclic amines) is 1. The van der Waals surface area contributed by atoms with Gasteiger partial charge in [-0.25, -0.2) is 9.67 Å². The van der Waals surface area contributed by atoms with Crippen molar-refractivity contribution in [2.45, 2.75) is 25.3 Å². The Labute approximate surface area is 199 Å². The van der Waals surface area contributed by atoms with Crippen molar-refractivity contribution < 1.29 is 4.79 Å². The van der Waals surface area contributed by atoms with Crippen LogP contribution in [0.1, 0.15) is 40.5 Å². The number of carbonyl (C=O) groups is 1. The molecule has 1 aliphatic heterocycles. The van der Waals surface area contributed by atoms with E-state index in [1.165, 1.54) is 0 Å². The molecule has 1 amide bonds. The lowest BCUT2D eigenvalue weighted by Crippen LogP contribution is -2.40. The highest BCUT2D eigenvalue weighted by Gasteiger charge is 2.28. The zero-order chi connectivity index (χ0) is 22.9. The lowest BCUT2D eigenvalue weighted by Gasteiger charge is -2.32. The molecule has 1 saturated heterocycles. The Balaban J connectivity index is 1.44. The Kier molecular flexibility index (Phi) is 5.86. The predicted molar refractivity (Wildman–Crippen MR) is 126 cm³/mol. The highest BCUT2D eigenvalue weighted by Crippen LogP contribution is 2.27. The second-order valence-corrected chi connectivity index (χ2v) is 8.85. The van der Waals surface area contributed by atoms with E-state index in [0.29, 0.717) is 46.7 Å². The topological polar surface area (TPSA) is 96.8 Å². The van der Waals surface area contributed by atoms with Crippen LogP contribution in [0.15, 0.2) is 53.3 Å². The molecule has 0 bridgehead atoms. The lowest BCUT2D eigenvalue weighted by atomic mass is 9.96. The molecule has 2 aromatic carbocycles. The number of hydrogen-bond acceptors (Lipinski definition) is 5. The highest BCUT2D eigenvalue weighted by molar-refractivity contribution is 6.33. The Morgan fingerprint density at radius 2 is 1.85 bits per heavy atom. The van der Waals surface area contributed by atoms with Gasteiger partial charge in [-0.3, -0.25) is 9.59 Å². The van der Waals surface area contributed by atoms with Crippen molar-refractivity contribution in [3.63, 3.8) is 0 Å². The summed E-state index contributed by atoms with van der Waals surface area (Å²) in [6, 6.07) is 14.4. The maximum absolute atomic E-state index is 13.0. The number of fused-ring (bicyclic) bond motifs is 1. The molecular weight excluding hydrogens is 463 g/mol. The molecule has 4 aromatic rings. The lowest BCUT2D eigenvalue weighted by molar-refractivity contribution is 0.0704. The van der Waals surface area contributed by atoms with Crippen molar-refractivity contribution in [3.8, 4) is 0 Å². The largest absolute Gasteiger partial charge is 0.338 e. The number of carbonyl (C=O) groups excluding carboxylic acids is 1. The number of amides is 1. The van der Waals surface area contributed by atoms with Gasteiger partial charge >= 0.3 is 0 Å². The minimum Gasteiger partial charge on any atom is -0.338 e. The van der Waals surface area contributed by atoms with Crippen molar-refractivity contribution in [2.24, 2.45) is 0 Å². The molecule has 1 fully saturated rings. The van der Waals surface area contributed by atoms with Crippen molar-refractivity contribution in [1.82, 2.24) is 29.9 Å². The number of hydrogen-bond donors (Lipinski definition) is 1. The van der Waals surface area contributed by atoms with Crippen molar-refractivity contribution in [1.29, 1.82) is 0 Å². The molecule has 0 aliphatic carbocycles. The van der Waals surface area contributed by atoms with Crippen LogP contribution in [-0.2, 0) is 6.54 Å². The van der Waals surface area contributed by atoms with E-state index in [2.05, 4.69) is 15.3 Å². The summed E-state index contributed by atoms with van der Waals surface area (Å²) in [5.41, 5.74) is 1.53. The van der Waals surface area contributed by atoms with Crippen molar-refractivity contribution in [3.05, 3.63) is 85.9 Å². The number of benzene rings is 2. The molecule has 1 aliphatic rings. The Morgan fingerprint density at radius 1 is 1.09 bits per heavy atom. The van der Waals surface area contributed by atoms with Gasteiger partial charge in [-0.15, -0.1) is 5.10 Å². The molecule has 2 aromatic heterocycles. The van der Waals surface area contributed by atoms with E-state index in [0.717, 1.165) is 18.4 Å². The van der Waals surface area contributed by atoms with Crippen LogP contribution in [0.5, 0.6) is 0 Å². The number of aromatic amines is 1. The first-order chi connectivity index (χ1) is 16.0. The third-order valence-corrected chi connectivity index (χ3v) is 6.57. The Hall–Kier alpha value is -3.23. The minimum atomic E-state index is -0.352. The van der Waals surface area contributed by atoms with E-state index in [9.17, 15) is 9.59 Å². The van der Waals surface area contributed by atoms with Gasteiger partial charge in [0, 0.05) is 24.0 Å². The third kappa shape index (κ3) is 4.24. The molecule has 0 spiro atoms. The fourth-order valence-corrected chi connectivity index (χ4v) is 4.57. The number of rotatable bonds is 4. The van der Waals surface area contributed by atoms with Crippen LogP contribution >= 0.6 is 23.2 Å². The second-order valence-electron chi connectivity index (χ2n) is 8.03. The van der Waals surface area contributed by atoms with Gasteiger partial charge in [0.1, 0.15) is 5.82 Å². The molecule has 3 heterocycles. The van der Waals surface area contributed by atoms with Gasteiger partial charge in [0.2, 0.25) is 0 Å². The van der Waals surface area contributed by atoms with E-state index in [1.54, 1.807) is 39.9 Å². The first-order valence-corrected chi connectivity index (χ1v) is 11.4. The number of nitrogens with zero attached hydrogens (tertiary/aromatic N) is 5. The van der Waals surface area contributed by atoms with E-state index in [-0.39, 0.29) is 22.9 Å². The summed E-state index contributed by atoms with van der Waals surface area (Å²) >= 11 is 12.5. The van der Waals surface area contributed by atoms with Crippen LogP contribution in [0.3, 0.4) is 0 Å². The quantitative estimate of drug-likeness (QED) is 0.475. The fraction of sp³-hybridized carbons (Fsp3) is 0.261. The molecule has 168 valence electrons. The smallest absolute Gasteiger partial charge is 0.281 e. The van der Waals surface area contributed by atoms with Gasteiger partial charge < -0.3 is 9.88 Å². The molecular formula is C23H20Cl2N6O2. The zero-order valence-electron chi connectivity index (χ0n) is 17.5. The van der Waals surface area contributed by atoms with Gasteiger partial charge in [-0.05, 0) is 36.6 Å². The number of halogens is 2. The van der Waals surface area contributed by atoms with Crippen molar-refractivity contribution in [2.75, 3.05) is 13.1 Å². The average molecular weight is 483 g/mol. The highest BCUT2D eigenvalue weighted by atomic mass is 35.5. The third-order valence-electron chi connectivity index (χ3n) is 5.87. The van der Waals surface area contributed by atoms with Crippen LogP contribution in [0.25, 0.3) is 11.2 Å². The minimum absolute atomic E-state index is 0.119. The molecule has 8 nitrogen and oxygen atoms in total. The summed E-state index contributed by atoms with van der Waals surface area (Å²) in [6.45, 7) is 1.40. The van der Waals surface area contributed by atoms with E-state index in [1.807, 2.05) is 18.2 Å².